The molecule has 0 spiro atoms. The average molecular weight is 335 g/mol. The Morgan fingerprint density at radius 3 is 2.45 bits per heavy atom. The van der Waals surface area contributed by atoms with E-state index in [0.717, 1.165) is 0 Å². The van der Waals surface area contributed by atoms with E-state index in [-0.39, 0.29) is 0 Å². The lowest BCUT2D eigenvalue weighted by molar-refractivity contribution is -0.117. The molecule has 4 nitrogen and oxygen atoms in total. The molecule has 2 amide bonds. The summed E-state index contributed by atoms with van der Waals surface area (Å²) < 4.78 is 0. The van der Waals surface area contributed by atoms with Gasteiger partial charge in [0.1, 0.15) is 0 Å². The number of carbonyl (C=O) groups is 2. The third-order valence-corrected chi connectivity index (χ3v) is 3.28. The van der Waals surface area contributed by atoms with Crippen LogP contribution in [0.4, 0.5) is 0 Å². The zero-order valence-electron chi connectivity index (χ0n) is 11.3. The van der Waals surface area contributed by atoms with Crippen molar-refractivity contribution in [2.24, 2.45) is 0 Å². The van der Waals surface area contributed by atoms with Crippen LogP contribution in [-0.2, 0) is 4.79 Å². The zero-order valence-corrected chi connectivity index (χ0v) is 12.9. The fraction of sp³-hybridized carbons (Fsp3) is 0. The molecule has 0 aliphatic rings. The van der Waals surface area contributed by atoms with Gasteiger partial charge in [-0.05, 0) is 35.9 Å². The van der Waals surface area contributed by atoms with Crippen LogP contribution in [0.1, 0.15) is 15.9 Å². The molecule has 2 rings (SSSR count). The molecule has 0 fully saturated rings. The van der Waals surface area contributed by atoms with Crippen molar-refractivity contribution in [3.8, 4) is 0 Å². The fourth-order valence-electron chi connectivity index (χ4n) is 1.64. The molecule has 6 heteroatoms. The summed E-state index contributed by atoms with van der Waals surface area (Å²) in [5.74, 6) is -0.933. The maximum atomic E-state index is 11.8. The van der Waals surface area contributed by atoms with Gasteiger partial charge in [0, 0.05) is 21.7 Å². The molecule has 0 radical (unpaired) electrons. The second-order valence-corrected chi connectivity index (χ2v) is 5.15. The van der Waals surface area contributed by atoms with E-state index in [0.29, 0.717) is 21.2 Å². The van der Waals surface area contributed by atoms with E-state index in [9.17, 15) is 9.59 Å². The summed E-state index contributed by atoms with van der Waals surface area (Å²) in [5, 5.41) is 0.979. The molecule has 2 aromatic rings. The van der Waals surface area contributed by atoms with Crippen molar-refractivity contribution in [3.63, 3.8) is 0 Å². The summed E-state index contributed by atoms with van der Waals surface area (Å²) in [7, 11) is 0. The second kappa shape index (κ2) is 7.64. The van der Waals surface area contributed by atoms with Crippen molar-refractivity contribution in [2.75, 3.05) is 0 Å². The van der Waals surface area contributed by atoms with Crippen LogP contribution in [0.5, 0.6) is 0 Å². The molecule has 0 unspecified atom stereocenters. The number of hydrogen-bond acceptors (Lipinski definition) is 2. The number of nitrogens with one attached hydrogen (secondary N) is 2. The van der Waals surface area contributed by atoms with Crippen molar-refractivity contribution in [3.05, 3.63) is 75.8 Å². The number of hydrazine groups is 1. The Morgan fingerprint density at radius 1 is 0.955 bits per heavy atom. The minimum Gasteiger partial charge on any atom is -0.268 e. The van der Waals surface area contributed by atoms with E-state index in [4.69, 9.17) is 23.2 Å². The lowest BCUT2D eigenvalue weighted by Crippen LogP contribution is -2.40. The predicted octanol–water partition coefficient (Wildman–Crippen LogP) is 3.47. The summed E-state index contributed by atoms with van der Waals surface area (Å²) in [6.07, 6.45) is 2.84. The number of amides is 2. The lowest BCUT2D eigenvalue weighted by Gasteiger charge is -2.05. The molecule has 2 aromatic carbocycles. The number of halogens is 2. The van der Waals surface area contributed by atoms with Crippen molar-refractivity contribution < 1.29 is 9.59 Å². The van der Waals surface area contributed by atoms with Gasteiger partial charge in [-0.2, -0.15) is 0 Å². The van der Waals surface area contributed by atoms with Crippen LogP contribution >= 0.6 is 23.2 Å². The van der Waals surface area contributed by atoms with Crippen molar-refractivity contribution >= 4 is 41.1 Å². The maximum Gasteiger partial charge on any atom is 0.269 e. The Labute approximate surface area is 137 Å². The molecule has 0 aromatic heterocycles. The number of carbonyl (C=O) groups excluding carboxylic acids is 2. The first-order chi connectivity index (χ1) is 10.6. The highest BCUT2D eigenvalue weighted by Crippen LogP contribution is 2.16. The molecule has 0 aliphatic carbocycles. The minimum atomic E-state index is -0.477. The monoisotopic (exact) mass is 334 g/mol. The summed E-state index contributed by atoms with van der Waals surface area (Å²) in [5.41, 5.74) is 5.63. The molecule has 0 saturated heterocycles. The van der Waals surface area contributed by atoms with Gasteiger partial charge < -0.3 is 0 Å². The largest absolute Gasteiger partial charge is 0.269 e. The highest BCUT2D eigenvalue weighted by atomic mass is 35.5. The van der Waals surface area contributed by atoms with Gasteiger partial charge in [0.05, 0.1) is 0 Å². The van der Waals surface area contributed by atoms with Gasteiger partial charge in [-0.1, -0.05) is 47.5 Å². The standard InChI is InChI=1S/C16H12Cl2N2O2/c17-13-6-3-5-12(10-13)16(22)20-19-15(21)9-8-11-4-1-2-7-14(11)18/h1-10H,(H,19,21)(H,20,22)/b9-8+. The normalized spacial score (nSPS) is 10.5. The zero-order chi connectivity index (χ0) is 15.9. The van der Waals surface area contributed by atoms with Gasteiger partial charge in [-0.25, -0.2) is 0 Å². The third-order valence-electron chi connectivity index (χ3n) is 2.71. The first kappa shape index (κ1) is 16.1. The van der Waals surface area contributed by atoms with Crippen molar-refractivity contribution in [1.29, 1.82) is 0 Å². The lowest BCUT2D eigenvalue weighted by atomic mass is 10.2. The molecule has 0 aliphatic heterocycles. The van der Waals surface area contributed by atoms with Crippen LogP contribution < -0.4 is 10.9 Å². The van der Waals surface area contributed by atoms with E-state index in [2.05, 4.69) is 10.9 Å². The second-order valence-electron chi connectivity index (χ2n) is 4.31. The van der Waals surface area contributed by atoms with Crippen LogP contribution in [0.25, 0.3) is 6.08 Å². The Kier molecular flexibility index (Phi) is 5.58. The summed E-state index contributed by atoms with van der Waals surface area (Å²) in [6, 6.07) is 13.5. The van der Waals surface area contributed by atoms with E-state index < -0.39 is 11.8 Å². The van der Waals surface area contributed by atoms with Crippen molar-refractivity contribution in [1.82, 2.24) is 10.9 Å². The third kappa shape index (κ3) is 4.62. The van der Waals surface area contributed by atoms with Crippen molar-refractivity contribution in [2.45, 2.75) is 0 Å². The molecule has 0 atom stereocenters. The van der Waals surface area contributed by atoms with Crippen LogP contribution in [0, 0.1) is 0 Å². The van der Waals surface area contributed by atoms with Gasteiger partial charge in [0.15, 0.2) is 0 Å². The Bertz CT molecular complexity index is 730. The fourth-order valence-corrected chi connectivity index (χ4v) is 2.03. The van der Waals surface area contributed by atoms with E-state index >= 15 is 0 Å². The SMILES string of the molecule is O=C(/C=C/c1ccccc1Cl)NNC(=O)c1cccc(Cl)c1. The molecular weight excluding hydrogens is 323 g/mol. The summed E-state index contributed by atoms with van der Waals surface area (Å²) in [4.78, 5) is 23.4. The quantitative estimate of drug-likeness (QED) is 0.667. The first-order valence-electron chi connectivity index (χ1n) is 6.35. The Hall–Kier alpha value is -2.30. The van der Waals surface area contributed by atoms with Crippen LogP contribution in [0.15, 0.2) is 54.6 Å². The number of hydrogen-bond donors (Lipinski definition) is 2. The van der Waals surface area contributed by atoms with Gasteiger partial charge >= 0.3 is 0 Å². The Morgan fingerprint density at radius 2 is 1.73 bits per heavy atom. The summed E-state index contributed by atoms with van der Waals surface area (Å²) in [6.45, 7) is 0. The molecular formula is C16H12Cl2N2O2. The van der Waals surface area contributed by atoms with Gasteiger partial charge in [0.2, 0.25) is 0 Å². The number of benzene rings is 2. The summed E-state index contributed by atoms with van der Waals surface area (Å²) >= 11 is 11.8. The van der Waals surface area contributed by atoms with E-state index in [1.165, 1.54) is 12.1 Å². The molecule has 0 bridgehead atoms. The molecule has 22 heavy (non-hydrogen) atoms. The molecule has 2 N–H and O–H groups in total. The highest BCUT2D eigenvalue weighted by molar-refractivity contribution is 6.32. The van der Waals surface area contributed by atoms with E-state index in [1.807, 2.05) is 6.07 Å². The van der Waals surface area contributed by atoms with Crippen LogP contribution in [0.3, 0.4) is 0 Å². The first-order valence-corrected chi connectivity index (χ1v) is 7.10. The average Bonchev–Trinajstić information content (AvgIpc) is 2.52. The Balaban J connectivity index is 1.90. The van der Waals surface area contributed by atoms with Gasteiger partial charge in [-0.15, -0.1) is 0 Å². The molecule has 112 valence electrons. The van der Waals surface area contributed by atoms with Gasteiger partial charge in [0.25, 0.3) is 11.8 Å². The molecule has 0 heterocycles. The van der Waals surface area contributed by atoms with Crippen LogP contribution in [-0.4, -0.2) is 11.8 Å². The predicted molar refractivity (Wildman–Crippen MR) is 87.5 cm³/mol. The maximum absolute atomic E-state index is 11.8. The van der Waals surface area contributed by atoms with Gasteiger partial charge in [-0.3, -0.25) is 20.4 Å². The van der Waals surface area contributed by atoms with E-state index in [1.54, 1.807) is 42.5 Å². The topological polar surface area (TPSA) is 58.2 Å². The van der Waals surface area contributed by atoms with Crippen LogP contribution in [0.2, 0.25) is 10.0 Å². The highest BCUT2D eigenvalue weighted by Gasteiger charge is 2.06. The molecule has 0 saturated carbocycles. The minimum absolute atomic E-state index is 0.350. The number of rotatable bonds is 3. The smallest absolute Gasteiger partial charge is 0.268 e.